The number of esters is 1. The lowest BCUT2D eigenvalue weighted by atomic mass is 10.1. The smallest absolute Gasteiger partial charge is 0.410 e. The van der Waals surface area contributed by atoms with E-state index in [2.05, 4.69) is 4.74 Å². The van der Waals surface area contributed by atoms with E-state index in [1.807, 2.05) is 0 Å². The number of nitrogens with zero attached hydrogens (tertiary/aromatic N) is 2. The van der Waals surface area contributed by atoms with Crippen LogP contribution in [0, 0.1) is 5.82 Å². The highest BCUT2D eigenvalue weighted by atomic mass is 19.1. The quantitative estimate of drug-likeness (QED) is 0.299. The van der Waals surface area contributed by atoms with Gasteiger partial charge in [-0.1, -0.05) is 18.2 Å². The summed E-state index contributed by atoms with van der Waals surface area (Å²) < 4.78 is 29.1. The van der Waals surface area contributed by atoms with Crippen LogP contribution in [0.1, 0.15) is 61.4 Å². The summed E-state index contributed by atoms with van der Waals surface area (Å²) in [5, 5.41) is 0. The lowest BCUT2D eigenvalue weighted by Gasteiger charge is -2.23. The molecule has 0 saturated carbocycles. The standard InChI is InChI=1S/C22H26FN3O6.C5H11NO2.2H2/c1-3-5-20(28)31-13(2)8-19(27)26-11-15(9-18(26)21(24)29)32-22(30)25-10-14-6-4-7-17(23)16(14)12-25;1-5(2,3)8-4(6)7;;/h3-7,13,15,18H,8-12H2,1-2H3,(H2,24,29);1-3H3,(H2,6,7);2*1H/b5-3+;;;/t13-,15?,18+;;;/m1.../s1. The zero-order chi connectivity index (χ0) is 30.2. The Kier molecular flexibility index (Phi) is 11.0. The van der Waals surface area contributed by atoms with Crippen LogP contribution in [0.5, 0.6) is 0 Å². The minimum Gasteiger partial charge on any atom is -0.459 e. The Bertz CT molecular complexity index is 1160. The van der Waals surface area contributed by atoms with Gasteiger partial charge in [-0.15, -0.1) is 0 Å². The van der Waals surface area contributed by atoms with Crippen LogP contribution >= 0.6 is 0 Å². The second kappa shape index (κ2) is 13.8. The first-order chi connectivity index (χ1) is 18.6. The molecular formula is C27H41FN4O8. The Morgan fingerprint density at radius 3 is 2.38 bits per heavy atom. The van der Waals surface area contributed by atoms with Crippen molar-refractivity contribution in [3.63, 3.8) is 0 Å². The maximum atomic E-state index is 13.9. The molecule has 1 aromatic rings. The molecule has 4 amide bonds. The minimum absolute atomic E-state index is 0. The van der Waals surface area contributed by atoms with Gasteiger partial charge < -0.3 is 30.6 Å². The van der Waals surface area contributed by atoms with E-state index >= 15 is 0 Å². The highest BCUT2D eigenvalue weighted by Gasteiger charge is 2.41. The van der Waals surface area contributed by atoms with Gasteiger partial charge in [-0.3, -0.25) is 14.5 Å². The monoisotopic (exact) mass is 568 g/mol. The number of nitrogens with two attached hydrogens (primary N) is 2. The molecule has 4 N–H and O–H groups in total. The maximum Gasteiger partial charge on any atom is 0.410 e. The van der Waals surface area contributed by atoms with Crippen LogP contribution in [0.3, 0.4) is 0 Å². The van der Waals surface area contributed by atoms with Crippen molar-refractivity contribution < 1.29 is 45.4 Å². The molecule has 1 aromatic carbocycles. The zero-order valence-corrected chi connectivity index (χ0v) is 23.3. The summed E-state index contributed by atoms with van der Waals surface area (Å²) in [5.41, 5.74) is 10.9. The Morgan fingerprint density at radius 1 is 1.18 bits per heavy atom. The largest absolute Gasteiger partial charge is 0.459 e. The lowest BCUT2D eigenvalue weighted by molar-refractivity contribution is -0.147. The lowest BCUT2D eigenvalue weighted by Crippen LogP contribution is -2.44. The van der Waals surface area contributed by atoms with E-state index in [1.54, 1.807) is 46.8 Å². The number of likely N-dealkylation sites (tertiary alicyclic amines) is 1. The number of hydrogen-bond donors (Lipinski definition) is 2. The molecule has 40 heavy (non-hydrogen) atoms. The summed E-state index contributed by atoms with van der Waals surface area (Å²) in [5.74, 6) is -2.11. The number of benzene rings is 1. The average molecular weight is 569 g/mol. The van der Waals surface area contributed by atoms with Crippen molar-refractivity contribution in [2.75, 3.05) is 6.54 Å². The van der Waals surface area contributed by atoms with E-state index in [4.69, 9.17) is 20.9 Å². The molecule has 1 unspecified atom stereocenters. The van der Waals surface area contributed by atoms with E-state index in [0.29, 0.717) is 11.1 Å². The molecule has 1 saturated heterocycles. The number of halogens is 1. The van der Waals surface area contributed by atoms with Gasteiger partial charge in [-0.25, -0.2) is 18.8 Å². The van der Waals surface area contributed by atoms with E-state index in [-0.39, 0.29) is 41.1 Å². The first-order valence-electron chi connectivity index (χ1n) is 12.7. The van der Waals surface area contributed by atoms with Crippen molar-refractivity contribution in [2.45, 2.75) is 84.4 Å². The maximum absolute atomic E-state index is 13.9. The molecule has 3 atom stereocenters. The highest BCUT2D eigenvalue weighted by Crippen LogP contribution is 2.28. The zero-order valence-electron chi connectivity index (χ0n) is 23.3. The molecule has 3 rings (SSSR count). The average Bonchev–Trinajstić information content (AvgIpc) is 3.43. The normalized spacial score (nSPS) is 18.9. The third-order valence-electron chi connectivity index (χ3n) is 5.85. The molecule has 224 valence electrons. The van der Waals surface area contributed by atoms with Crippen LogP contribution in [0.15, 0.2) is 30.4 Å². The molecule has 2 heterocycles. The van der Waals surface area contributed by atoms with E-state index in [1.165, 1.54) is 28.0 Å². The predicted molar refractivity (Wildman–Crippen MR) is 145 cm³/mol. The molecule has 1 fully saturated rings. The first-order valence-corrected chi connectivity index (χ1v) is 12.7. The van der Waals surface area contributed by atoms with Crippen LogP contribution in [0.25, 0.3) is 0 Å². The molecule has 0 spiro atoms. The number of rotatable bonds is 6. The Labute approximate surface area is 235 Å². The van der Waals surface area contributed by atoms with Crippen molar-refractivity contribution in [1.82, 2.24) is 9.80 Å². The fourth-order valence-electron chi connectivity index (χ4n) is 4.24. The molecule has 0 aromatic heterocycles. The summed E-state index contributed by atoms with van der Waals surface area (Å²) >= 11 is 0. The molecule has 2 aliphatic heterocycles. The number of hydrogen-bond acceptors (Lipinski definition) is 8. The van der Waals surface area contributed by atoms with E-state index in [9.17, 15) is 28.4 Å². The van der Waals surface area contributed by atoms with E-state index in [0.717, 1.165) is 0 Å². The minimum atomic E-state index is -0.938. The van der Waals surface area contributed by atoms with Crippen molar-refractivity contribution in [3.05, 3.63) is 47.3 Å². The molecule has 12 nitrogen and oxygen atoms in total. The number of ether oxygens (including phenoxy) is 3. The number of primary amides is 2. The summed E-state index contributed by atoms with van der Waals surface area (Å²) in [4.78, 5) is 61.3. The number of carbonyl (C=O) groups is 5. The van der Waals surface area contributed by atoms with Crippen LogP contribution in [-0.2, 0) is 41.7 Å². The van der Waals surface area contributed by atoms with E-state index < -0.39 is 53.8 Å². The predicted octanol–water partition coefficient (Wildman–Crippen LogP) is 3.00. The summed E-state index contributed by atoms with van der Waals surface area (Å²) in [6, 6.07) is 3.72. The van der Waals surface area contributed by atoms with Gasteiger partial charge in [-0.2, -0.15) is 0 Å². The number of allylic oxidation sites excluding steroid dienone is 1. The molecule has 13 heteroatoms. The van der Waals surface area contributed by atoms with Gasteiger partial charge in [0.2, 0.25) is 11.8 Å². The van der Waals surface area contributed by atoms with Crippen molar-refractivity contribution in [3.8, 4) is 0 Å². The van der Waals surface area contributed by atoms with Crippen LogP contribution in [-0.4, -0.2) is 70.2 Å². The second-order valence-electron chi connectivity index (χ2n) is 10.4. The number of carbonyl (C=O) groups excluding carboxylic acids is 5. The van der Waals surface area contributed by atoms with Gasteiger partial charge in [0, 0.05) is 27.5 Å². The van der Waals surface area contributed by atoms with Crippen LogP contribution in [0.4, 0.5) is 14.0 Å². The molecule has 0 radical (unpaired) electrons. The van der Waals surface area contributed by atoms with Crippen LogP contribution in [0.2, 0.25) is 0 Å². The van der Waals surface area contributed by atoms with Gasteiger partial charge in [0.1, 0.15) is 29.7 Å². The highest BCUT2D eigenvalue weighted by molar-refractivity contribution is 5.88. The summed E-state index contributed by atoms with van der Waals surface area (Å²) in [7, 11) is 0. The van der Waals surface area contributed by atoms with Crippen molar-refractivity contribution in [1.29, 1.82) is 0 Å². The van der Waals surface area contributed by atoms with Crippen molar-refractivity contribution in [2.24, 2.45) is 11.5 Å². The van der Waals surface area contributed by atoms with Gasteiger partial charge in [0.25, 0.3) is 0 Å². The van der Waals surface area contributed by atoms with Crippen LogP contribution < -0.4 is 11.5 Å². The second-order valence-corrected chi connectivity index (χ2v) is 10.4. The third-order valence-corrected chi connectivity index (χ3v) is 5.85. The Morgan fingerprint density at radius 2 is 1.85 bits per heavy atom. The number of amides is 4. The molecule has 0 aliphatic carbocycles. The van der Waals surface area contributed by atoms with Gasteiger partial charge >= 0.3 is 18.2 Å². The van der Waals surface area contributed by atoms with Gasteiger partial charge in [-0.05, 0) is 46.2 Å². The van der Waals surface area contributed by atoms with Crippen molar-refractivity contribution >= 4 is 30.0 Å². The SMILES string of the molecule is C/C=C/C(=O)O[C@H](C)CC(=O)N1CC(OC(=O)N2Cc3cccc(F)c3C2)C[C@H]1C(N)=O.CC(C)(C)OC(N)=O.[HH].[HH]. The first kappa shape index (κ1) is 32.1. The third kappa shape index (κ3) is 9.54. The topological polar surface area (TPSA) is 172 Å². The molecular weight excluding hydrogens is 527 g/mol. The summed E-state index contributed by atoms with van der Waals surface area (Å²) in [6.07, 6.45) is -0.149. The Hall–Kier alpha value is -4.16. The van der Waals surface area contributed by atoms with Gasteiger partial charge in [0.05, 0.1) is 19.5 Å². The molecule has 0 bridgehead atoms. The number of fused-ring (bicyclic) bond motifs is 1. The summed E-state index contributed by atoms with van der Waals surface area (Å²) in [6.45, 7) is 8.81. The molecule has 2 aliphatic rings. The van der Waals surface area contributed by atoms with Gasteiger partial charge in [0.15, 0.2) is 0 Å². The Balaban J connectivity index is 0.00000148. The fourth-order valence-corrected chi connectivity index (χ4v) is 4.24. The fraction of sp³-hybridized carbons (Fsp3) is 0.519.